The van der Waals surface area contributed by atoms with Gasteiger partial charge in [0.05, 0.1) is 0 Å². The predicted octanol–water partition coefficient (Wildman–Crippen LogP) is 2.03. The summed E-state index contributed by atoms with van der Waals surface area (Å²) in [4.78, 5) is 26.2. The number of aryl methyl sites for hydroxylation is 1. The molecule has 0 saturated heterocycles. The molecule has 0 aliphatic carbocycles. The number of hydrogen-bond donors (Lipinski definition) is 3. The van der Waals surface area contributed by atoms with Crippen molar-refractivity contribution in [2.45, 2.75) is 19.8 Å². The number of nitrogens with zero attached hydrogens (tertiary/aromatic N) is 2. The Morgan fingerprint density at radius 2 is 2.18 bits per heavy atom. The van der Waals surface area contributed by atoms with Crippen LogP contribution in [0.4, 0.5) is 10.5 Å². The molecule has 0 atom stereocenters. The first kappa shape index (κ1) is 15.5. The van der Waals surface area contributed by atoms with E-state index in [1.807, 2.05) is 0 Å². The lowest BCUT2D eigenvalue weighted by Crippen LogP contribution is -2.29. The Kier molecular flexibility index (Phi) is 5.07. The molecule has 2 rings (SSSR count). The van der Waals surface area contributed by atoms with E-state index in [2.05, 4.69) is 20.8 Å². The normalized spacial score (nSPS) is 10.2. The van der Waals surface area contributed by atoms with Gasteiger partial charge >= 0.3 is 12.0 Å². The van der Waals surface area contributed by atoms with E-state index in [0.717, 1.165) is 5.56 Å². The zero-order valence-electron chi connectivity index (χ0n) is 12.0. The molecule has 0 saturated carbocycles. The monoisotopic (exact) mass is 304 g/mol. The highest BCUT2D eigenvalue weighted by atomic mass is 16.5. The van der Waals surface area contributed by atoms with Crippen molar-refractivity contribution in [1.82, 2.24) is 15.5 Å². The Bertz CT molecular complexity index is 668. The van der Waals surface area contributed by atoms with Crippen LogP contribution in [-0.4, -0.2) is 33.8 Å². The number of urea groups is 1. The van der Waals surface area contributed by atoms with E-state index in [9.17, 15) is 9.59 Å². The van der Waals surface area contributed by atoms with E-state index >= 15 is 0 Å². The maximum atomic E-state index is 11.7. The molecule has 1 aromatic heterocycles. The minimum atomic E-state index is -0.884. The molecule has 3 N–H and O–H groups in total. The molecule has 116 valence electrons. The predicted molar refractivity (Wildman–Crippen MR) is 78.4 cm³/mol. The number of carboxylic acids is 1. The lowest BCUT2D eigenvalue weighted by molar-refractivity contribution is -0.137. The van der Waals surface area contributed by atoms with Gasteiger partial charge in [-0.15, -0.1) is 0 Å². The highest BCUT2D eigenvalue weighted by Gasteiger charge is 2.07. The Morgan fingerprint density at radius 3 is 2.86 bits per heavy atom. The molecule has 8 nitrogen and oxygen atoms in total. The summed E-state index contributed by atoms with van der Waals surface area (Å²) in [5.41, 5.74) is 1.30. The topological polar surface area (TPSA) is 117 Å². The number of carboxylic acid groups (broad SMARTS) is 1. The summed E-state index contributed by atoms with van der Waals surface area (Å²) in [5, 5.41) is 17.6. The average Bonchev–Trinajstić information content (AvgIpc) is 2.90. The van der Waals surface area contributed by atoms with Crippen LogP contribution in [0.15, 0.2) is 28.8 Å². The van der Waals surface area contributed by atoms with Gasteiger partial charge in [0.25, 0.3) is 0 Å². The molecular formula is C14H16N4O4. The van der Waals surface area contributed by atoms with Crippen LogP contribution in [0.25, 0.3) is 11.4 Å². The fourth-order valence-corrected chi connectivity index (χ4v) is 1.77. The van der Waals surface area contributed by atoms with Crippen molar-refractivity contribution < 1.29 is 19.2 Å². The Balaban J connectivity index is 1.90. The van der Waals surface area contributed by atoms with E-state index in [-0.39, 0.29) is 6.42 Å². The zero-order valence-corrected chi connectivity index (χ0v) is 12.0. The third-order valence-corrected chi connectivity index (χ3v) is 2.76. The van der Waals surface area contributed by atoms with Gasteiger partial charge in [-0.2, -0.15) is 4.98 Å². The number of amides is 2. The number of benzene rings is 1. The van der Waals surface area contributed by atoms with Crippen molar-refractivity contribution in [2.75, 3.05) is 11.9 Å². The molecule has 8 heteroatoms. The molecule has 22 heavy (non-hydrogen) atoms. The fraction of sp³-hybridized carbons (Fsp3) is 0.286. The summed E-state index contributed by atoms with van der Waals surface area (Å²) in [6, 6.07) is 6.63. The van der Waals surface area contributed by atoms with Crippen molar-refractivity contribution in [3.63, 3.8) is 0 Å². The van der Waals surface area contributed by atoms with E-state index in [1.165, 1.54) is 0 Å². The van der Waals surface area contributed by atoms with Crippen molar-refractivity contribution in [3.05, 3.63) is 30.2 Å². The number of aromatic nitrogens is 2. The second-order valence-corrected chi connectivity index (χ2v) is 4.60. The van der Waals surface area contributed by atoms with Gasteiger partial charge in [0, 0.05) is 31.1 Å². The molecule has 0 unspecified atom stereocenters. The summed E-state index contributed by atoms with van der Waals surface area (Å²) < 4.78 is 4.92. The standard InChI is InChI=1S/C14H16N4O4/c1-9-16-13(18-22-9)10-4-2-5-11(8-10)17-14(21)15-7-3-6-12(19)20/h2,4-5,8H,3,6-7H2,1H3,(H,19,20)(H2,15,17,21). The Labute approximate surface area is 126 Å². The van der Waals surface area contributed by atoms with Crippen molar-refractivity contribution in [1.29, 1.82) is 0 Å². The number of rotatable bonds is 6. The highest BCUT2D eigenvalue weighted by Crippen LogP contribution is 2.19. The Hall–Kier alpha value is -2.90. The SMILES string of the molecule is Cc1nc(-c2cccc(NC(=O)NCCCC(=O)O)c2)no1. The molecule has 0 fully saturated rings. The van der Waals surface area contributed by atoms with Gasteiger partial charge in [0.2, 0.25) is 11.7 Å². The number of carbonyl (C=O) groups excluding carboxylic acids is 1. The maximum absolute atomic E-state index is 11.7. The molecule has 2 aromatic rings. The fourth-order valence-electron chi connectivity index (χ4n) is 1.77. The quantitative estimate of drug-likeness (QED) is 0.703. The first-order valence-corrected chi connectivity index (χ1v) is 6.72. The summed E-state index contributed by atoms with van der Waals surface area (Å²) >= 11 is 0. The summed E-state index contributed by atoms with van der Waals surface area (Å²) in [5.74, 6) is 0.0258. The lowest BCUT2D eigenvalue weighted by atomic mass is 10.2. The van der Waals surface area contributed by atoms with Crippen LogP contribution in [0.2, 0.25) is 0 Å². The van der Waals surface area contributed by atoms with Crippen LogP contribution in [0.1, 0.15) is 18.7 Å². The summed E-state index contributed by atoms with van der Waals surface area (Å²) in [6.07, 6.45) is 0.401. The van der Waals surface area contributed by atoms with Crippen molar-refractivity contribution >= 4 is 17.7 Å². The molecule has 0 aliphatic heterocycles. The van der Waals surface area contributed by atoms with Gasteiger partial charge in [-0.25, -0.2) is 4.79 Å². The summed E-state index contributed by atoms with van der Waals surface area (Å²) in [7, 11) is 0. The first-order valence-electron chi connectivity index (χ1n) is 6.72. The second-order valence-electron chi connectivity index (χ2n) is 4.60. The van der Waals surface area contributed by atoms with E-state index in [1.54, 1.807) is 31.2 Å². The Morgan fingerprint density at radius 1 is 1.36 bits per heavy atom. The molecule has 1 heterocycles. The smallest absolute Gasteiger partial charge is 0.319 e. The second kappa shape index (κ2) is 7.21. The van der Waals surface area contributed by atoms with Gasteiger partial charge in [-0.1, -0.05) is 17.3 Å². The van der Waals surface area contributed by atoms with E-state index in [4.69, 9.17) is 9.63 Å². The number of aliphatic carboxylic acids is 1. The molecule has 0 aliphatic rings. The molecular weight excluding hydrogens is 288 g/mol. The third kappa shape index (κ3) is 4.58. The van der Waals surface area contributed by atoms with Gasteiger partial charge in [-0.3, -0.25) is 4.79 Å². The summed E-state index contributed by atoms with van der Waals surface area (Å²) in [6.45, 7) is 1.99. The maximum Gasteiger partial charge on any atom is 0.319 e. The van der Waals surface area contributed by atoms with E-state index < -0.39 is 12.0 Å². The lowest BCUT2D eigenvalue weighted by Gasteiger charge is -2.07. The molecule has 1 aromatic carbocycles. The minimum absolute atomic E-state index is 0.0208. The van der Waals surface area contributed by atoms with Gasteiger partial charge in [0.15, 0.2) is 0 Å². The van der Waals surface area contributed by atoms with Crippen LogP contribution >= 0.6 is 0 Å². The van der Waals surface area contributed by atoms with Crippen LogP contribution < -0.4 is 10.6 Å². The largest absolute Gasteiger partial charge is 0.481 e. The molecule has 2 amide bonds. The minimum Gasteiger partial charge on any atom is -0.481 e. The molecule has 0 spiro atoms. The number of carbonyl (C=O) groups is 2. The van der Waals surface area contributed by atoms with E-state index in [0.29, 0.717) is 30.4 Å². The number of hydrogen-bond acceptors (Lipinski definition) is 5. The number of anilines is 1. The molecule has 0 radical (unpaired) electrons. The third-order valence-electron chi connectivity index (χ3n) is 2.76. The van der Waals surface area contributed by atoms with Crippen molar-refractivity contribution in [2.24, 2.45) is 0 Å². The van der Waals surface area contributed by atoms with Crippen LogP contribution in [0.3, 0.4) is 0 Å². The van der Waals surface area contributed by atoms with Crippen LogP contribution in [0.5, 0.6) is 0 Å². The van der Waals surface area contributed by atoms with Gasteiger partial charge in [-0.05, 0) is 18.6 Å². The van der Waals surface area contributed by atoms with Crippen LogP contribution in [-0.2, 0) is 4.79 Å². The van der Waals surface area contributed by atoms with Crippen LogP contribution in [0, 0.1) is 6.92 Å². The number of nitrogens with one attached hydrogen (secondary N) is 2. The first-order chi connectivity index (χ1) is 10.5. The highest BCUT2D eigenvalue weighted by molar-refractivity contribution is 5.89. The van der Waals surface area contributed by atoms with Crippen molar-refractivity contribution in [3.8, 4) is 11.4 Å². The van der Waals surface area contributed by atoms with Gasteiger partial charge in [0.1, 0.15) is 0 Å². The van der Waals surface area contributed by atoms with Gasteiger partial charge < -0.3 is 20.3 Å². The average molecular weight is 304 g/mol. The zero-order chi connectivity index (χ0) is 15.9. The molecule has 0 bridgehead atoms.